The Balaban J connectivity index is 1.53. The molecule has 6 nitrogen and oxygen atoms in total. The highest BCUT2D eigenvalue weighted by molar-refractivity contribution is 5.81. The lowest BCUT2D eigenvalue weighted by molar-refractivity contribution is 0.289. The van der Waals surface area contributed by atoms with E-state index in [9.17, 15) is 4.79 Å². The summed E-state index contributed by atoms with van der Waals surface area (Å²) in [5, 5.41) is 4.90. The van der Waals surface area contributed by atoms with Gasteiger partial charge in [-0.05, 0) is 36.2 Å². The number of ether oxygens (including phenoxy) is 1. The van der Waals surface area contributed by atoms with Crippen molar-refractivity contribution in [1.29, 1.82) is 0 Å². The van der Waals surface area contributed by atoms with Crippen molar-refractivity contribution >= 4 is 11.0 Å². The maximum absolute atomic E-state index is 11.7. The number of hydrogen-bond acceptors (Lipinski definition) is 6. The Kier molecular flexibility index (Phi) is 4.31. The van der Waals surface area contributed by atoms with Crippen LogP contribution in [-0.4, -0.2) is 5.16 Å². The molecule has 4 aromatic rings. The molecule has 3 heterocycles. The van der Waals surface area contributed by atoms with Crippen molar-refractivity contribution in [3.05, 3.63) is 70.4 Å². The molecule has 0 spiro atoms. The third kappa shape index (κ3) is 3.26. The van der Waals surface area contributed by atoms with Gasteiger partial charge in [-0.3, -0.25) is 0 Å². The van der Waals surface area contributed by atoms with Gasteiger partial charge in [-0.2, -0.15) is 0 Å². The van der Waals surface area contributed by atoms with Crippen LogP contribution in [0.15, 0.2) is 66.9 Å². The third-order valence-electron chi connectivity index (χ3n) is 4.03. The minimum absolute atomic E-state index is 0.231. The summed E-state index contributed by atoms with van der Waals surface area (Å²) in [5.41, 5.74) is 1.80. The van der Waals surface area contributed by atoms with Gasteiger partial charge in [0, 0.05) is 23.6 Å². The summed E-state index contributed by atoms with van der Waals surface area (Å²) in [6.45, 7) is 2.31. The number of fused-ring (bicyclic) bond motifs is 1. The van der Waals surface area contributed by atoms with Gasteiger partial charge in [0.05, 0.1) is 6.26 Å². The highest BCUT2D eigenvalue weighted by Gasteiger charge is 2.11. The highest BCUT2D eigenvalue weighted by Crippen LogP contribution is 2.25. The lowest BCUT2D eigenvalue weighted by Crippen LogP contribution is -2.01. The first kappa shape index (κ1) is 16.2. The Labute approximate surface area is 149 Å². The Hall–Kier alpha value is -3.28. The van der Waals surface area contributed by atoms with Crippen molar-refractivity contribution < 1.29 is 18.1 Å². The van der Waals surface area contributed by atoms with Crippen molar-refractivity contribution in [3.8, 4) is 17.3 Å². The molecule has 0 atom stereocenters. The molecule has 0 aliphatic heterocycles. The molecular formula is C20H17NO5. The Morgan fingerprint density at radius 1 is 1.12 bits per heavy atom. The molecule has 132 valence electrons. The Bertz CT molecular complexity index is 1080. The normalized spacial score (nSPS) is 11.1. The molecule has 0 saturated heterocycles. The van der Waals surface area contributed by atoms with Crippen LogP contribution in [0.1, 0.15) is 24.6 Å². The van der Waals surface area contributed by atoms with E-state index < -0.39 is 0 Å². The van der Waals surface area contributed by atoms with Crippen LogP contribution >= 0.6 is 0 Å². The van der Waals surface area contributed by atoms with E-state index in [2.05, 4.69) is 12.1 Å². The zero-order valence-electron chi connectivity index (χ0n) is 14.2. The summed E-state index contributed by atoms with van der Waals surface area (Å²) in [4.78, 5) is 11.7. The van der Waals surface area contributed by atoms with Gasteiger partial charge in [-0.1, -0.05) is 18.5 Å². The average molecular weight is 351 g/mol. The zero-order valence-corrected chi connectivity index (χ0v) is 14.2. The van der Waals surface area contributed by atoms with E-state index in [-0.39, 0.29) is 12.2 Å². The molecule has 0 saturated carbocycles. The molecule has 0 fully saturated rings. The minimum atomic E-state index is -0.349. The van der Waals surface area contributed by atoms with Crippen LogP contribution in [0, 0.1) is 0 Å². The van der Waals surface area contributed by atoms with Gasteiger partial charge < -0.3 is 18.1 Å². The largest absolute Gasteiger partial charge is 0.487 e. The monoisotopic (exact) mass is 351 g/mol. The molecule has 0 amide bonds. The second-order valence-electron chi connectivity index (χ2n) is 5.95. The van der Waals surface area contributed by atoms with Gasteiger partial charge in [0.25, 0.3) is 0 Å². The first-order valence-electron chi connectivity index (χ1n) is 8.42. The molecule has 0 N–H and O–H groups in total. The fourth-order valence-corrected chi connectivity index (χ4v) is 2.85. The highest BCUT2D eigenvalue weighted by atomic mass is 16.5. The van der Waals surface area contributed by atoms with E-state index in [1.165, 1.54) is 0 Å². The first-order valence-corrected chi connectivity index (χ1v) is 8.42. The van der Waals surface area contributed by atoms with E-state index in [0.717, 1.165) is 23.8 Å². The SMILES string of the molecule is CCCc1cc(=O)oc2cc(OCc3cc(-c4ccco4)on3)ccc12. The topological polar surface area (TPSA) is 78.6 Å². The summed E-state index contributed by atoms with van der Waals surface area (Å²) in [6, 6.07) is 12.4. The zero-order chi connectivity index (χ0) is 17.9. The smallest absolute Gasteiger partial charge is 0.336 e. The van der Waals surface area contributed by atoms with Crippen LogP contribution in [0.2, 0.25) is 0 Å². The maximum Gasteiger partial charge on any atom is 0.336 e. The third-order valence-corrected chi connectivity index (χ3v) is 4.03. The second-order valence-corrected chi connectivity index (χ2v) is 5.95. The fourth-order valence-electron chi connectivity index (χ4n) is 2.85. The maximum atomic E-state index is 11.7. The van der Waals surface area contributed by atoms with E-state index in [1.807, 2.05) is 12.1 Å². The van der Waals surface area contributed by atoms with Crippen molar-refractivity contribution in [2.24, 2.45) is 0 Å². The summed E-state index contributed by atoms with van der Waals surface area (Å²) in [6.07, 6.45) is 3.36. The van der Waals surface area contributed by atoms with Crippen LogP contribution in [0.3, 0.4) is 0 Å². The molecule has 3 aromatic heterocycles. The lowest BCUT2D eigenvalue weighted by Gasteiger charge is -2.07. The van der Waals surface area contributed by atoms with Crippen LogP contribution in [-0.2, 0) is 13.0 Å². The van der Waals surface area contributed by atoms with E-state index in [1.54, 1.807) is 36.6 Å². The van der Waals surface area contributed by atoms with Crippen LogP contribution < -0.4 is 10.4 Å². The lowest BCUT2D eigenvalue weighted by atomic mass is 10.1. The van der Waals surface area contributed by atoms with Gasteiger partial charge in [-0.15, -0.1) is 0 Å². The number of furan rings is 1. The number of benzene rings is 1. The standard InChI is InChI=1S/C20H17NO5/c1-2-4-13-9-20(22)25-18-11-15(6-7-16(13)18)24-12-14-10-19(26-21-14)17-5-3-8-23-17/h3,5-11H,2,4,12H2,1H3. The minimum Gasteiger partial charge on any atom is -0.487 e. The average Bonchev–Trinajstić information content (AvgIpc) is 3.31. The molecular weight excluding hydrogens is 334 g/mol. The van der Waals surface area contributed by atoms with Gasteiger partial charge in [0.15, 0.2) is 5.76 Å². The van der Waals surface area contributed by atoms with Crippen molar-refractivity contribution in [1.82, 2.24) is 5.16 Å². The van der Waals surface area contributed by atoms with Crippen LogP contribution in [0.25, 0.3) is 22.5 Å². The van der Waals surface area contributed by atoms with Gasteiger partial charge >= 0.3 is 5.63 Å². The van der Waals surface area contributed by atoms with Crippen LogP contribution in [0.5, 0.6) is 5.75 Å². The Morgan fingerprint density at radius 2 is 2.04 bits per heavy atom. The predicted molar refractivity (Wildman–Crippen MR) is 95.0 cm³/mol. The molecule has 0 radical (unpaired) electrons. The number of rotatable bonds is 6. The van der Waals surface area contributed by atoms with E-state index in [4.69, 9.17) is 18.1 Å². The van der Waals surface area contributed by atoms with Gasteiger partial charge in [0.1, 0.15) is 23.6 Å². The second kappa shape index (κ2) is 6.92. The number of aromatic nitrogens is 1. The fraction of sp³-hybridized carbons (Fsp3) is 0.200. The quantitative estimate of drug-likeness (QED) is 0.473. The van der Waals surface area contributed by atoms with Gasteiger partial charge in [-0.25, -0.2) is 4.79 Å². The summed E-state index contributed by atoms with van der Waals surface area (Å²) in [5.74, 6) is 1.75. The van der Waals surface area contributed by atoms with E-state index in [0.29, 0.717) is 28.5 Å². The predicted octanol–water partition coefficient (Wildman–Crippen LogP) is 4.57. The molecule has 0 aliphatic carbocycles. The summed E-state index contributed by atoms with van der Waals surface area (Å²) < 4.78 is 21.6. The van der Waals surface area contributed by atoms with Gasteiger partial charge in [0.2, 0.25) is 5.76 Å². The number of nitrogens with zero attached hydrogens (tertiary/aromatic N) is 1. The molecule has 0 bridgehead atoms. The molecule has 4 rings (SSSR count). The molecule has 0 unspecified atom stereocenters. The molecule has 0 aliphatic rings. The number of hydrogen-bond donors (Lipinski definition) is 0. The van der Waals surface area contributed by atoms with Crippen molar-refractivity contribution in [2.75, 3.05) is 0 Å². The number of aryl methyl sites for hydroxylation is 1. The molecule has 6 heteroatoms. The van der Waals surface area contributed by atoms with Crippen molar-refractivity contribution in [3.63, 3.8) is 0 Å². The van der Waals surface area contributed by atoms with E-state index >= 15 is 0 Å². The Morgan fingerprint density at radius 3 is 2.85 bits per heavy atom. The van der Waals surface area contributed by atoms with Crippen LogP contribution in [0.4, 0.5) is 0 Å². The molecule has 1 aromatic carbocycles. The summed E-state index contributed by atoms with van der Waals surface area (Å²) >= 11 is 0. The molecule has 26 heavy (non-hydrogen) atoms. The summed E-state index contributed by atoms with van der Waals surface area (Å²) in [7, 11) is 0. The first-order chi connectivity index (χ1) is 12.7. The van der Waals surface area contributed by atoms with Crippen molar-refractivity contribution in [2.45, 2.75) is 26.4 Å².